The first-order chi connectivity index (χ1) is 21.0. The molecule has 0 bridgehead atoms. The molecule has 230 valence electrons. The summed E-state index contributed by atoms with van der Waals surface area (Å²) < 4.78 is 8.52. The van der Waals surface area contributed by atoms with Gasteiger partial charge in [0.1, 0.15) is 15.8 Å². The van der Waals surface area contributed by atoms with Crippen molar-refractivity contribution in [2.45, 2.75) is 97.8 Å². The third-order valence-electron chi connectivity index (χ3n) is 7.86. The predicted octanol–water partition coefficient (Wildman–Crippen LogP) is 10.1. The molecule has 1 amide bonds. The number of rotatable bonds is 18. The number of hydrogen-bond donors (Lipinski definition) is 0. The fourth-order valence-corrected chi connectivity index (χ4v) is 6.61. The Kier molecular flexibility index (Phi) is 13.4. The molecule has 0 aliphatic carbocycles. The average molecular weight is 618 g/mol. The monoisotopic (exact) mass is 617 g/mol. The van der Waals surface area contributed by atoms with Crippen molar-refractivity contribution < 1.29 is 9.53 Å². The molecule has 0 unspecified atom stereocenters. The van der Waals surface area contributed by atoms with Crippen LogP contribution in [0.25, 0.3) is 23.0 Å². The zero-order valence-electron chi connectivity index (χ0n) is 26.1. The van der Waals surface area contributed by atoms with Crippen LogP contribution < -0.4 is 4.74 Å². The molecule has 1 aromatic heterocycles. The van der Waals surface area contributed by atoms with Crippen molar-refractivity contribution in [3.63, 3.8) is 0 Å². The first-order valence-electron chi connectivity index (χ1n) is 16.2. The lowest BCUT2D eigenvalue weighted by molar-refractivity contribution is -0.122. The van der Waals surface area contributed by atoms with Crippen LogP contribution >= 0.6 is 24.0 Å². The summed E-state index contributed by atoms with van der Waals surface area (Å²) in [7, 11) is 0. The second kappa shape index (κ2) is 17.4. The van der Waals surface area contributed by atoms with Crippen LogP contribution in [0, 0.1) is 6.92 Å². The van der Waals surface area contributed by atoms with E-state index in [4.69, 9.17) is 22.1 Å². The average Bonchev–Trinajstić information content (AvgIpc) is 3.55. The quantitative estimate of drug-likeness (QED) is 0.0807. The van der Waals surface area contributed by atoms with Crippen molar-refractivity contribution >= 4 is 40.3 Å². The maximum atomic E-state index is 13.5. The Morgan fingerprint density at radius 2 is 1.56 bits per heavy atom. The molecule has 1 saturated heterocycles. The van der Waals surface area contributed by atoms with Gasteiger partial charge in [-0.2, -0.15) is 5.10 Å². The molecule has 5 nitrogen and oxygen atoms in total. The molecular weight excluding hydrogens is 571 g/mol. The number of hydrogen-bond acceptors (Lipinski definition) is 5. The van der Waals surface area contributed by atoms with E-state index in [2.05, 4.69) is 32.9 Å². The maximum absolute atomic E-state index is 13.5. The third-order valence-corrected chi connectivity index (χ3v) is 9.24. The number of ether oxygens (including phenoxy) is 1. The van der Waals surface area contributed by atoms with Gasteiger partial charge >= 0.3 is 0 Å². The molecule has 2 heterocycles. The molecule has 0 saturated carbocycles. The number of aromatic nitrogens is 2. The summed E-state index contributed by atoms with van der Waals surface area (Å²) in [4.78, 5) is 15.9. The smallest absolute Gasteiger partial charge is 0.266 e. The van der Waals surface area contributed by atoms with Gasteiger partial charge in [-0.15, -0.1) is 0 Å². The van der Waals surface area contributed by atoms with E-state index in [1.165, 1.54) is 63.1 Å². The molecule has 1 aliphatic rings. The molecule has 0 atom stereocenters. The first-order valence-corrected chi connectivity index (χ1v) is 17.4. The number of carbonyl (C=O) groups is 1. The van der Waals surface area contributed by atoms with Crippen LogP contribution in [0.1, 0.15) is 102 Å². The lowest BCUT2D eigenvalue weighted by Crippen LogP contribution is -2.29. The van der Waals surface area contributed by atoms with Crippen LogP contribution in [0.5, 0.6) is 5.75 Å². The molecule has 1 fully saturated rings. The number of thiocarbonyl (C=S) groups is 1. The van der Waals surface area contributed by atoms with Gasteiger partial charge in [0.15, 0.2) is 0 Å². The number of para-hydroxylation sites is 1. The minimum absolute atomic E-state index is 0.000174. The summed E-state index contributed by atoms with van der Waals surface area (Å²) in [5.41, 5.74) is 4.74. The Bertz CT molecular complexity index is 1370. The van der Waals surface area contributed by atoms with E-state index in [-0.39, 0.29) is 5.91 Å². The maximum Gasteiger partial charge on any atom is 0.266 e. The van der Waals surface area contributed by atoms with E-state index >= 15 is 0 Å². The molecule has 0 radical (unpaired) electrons. The summed E-state index contributed by atoms with van der Waals surface area (Å²) in [6, 6.07) is 16.3. The van der Waals surface area contributed by atoms with E-state index in [9.17, 15) is 4.79 Å². The van der Waals surface area contributed by atoms with E-state index in [1.807, 2.05) is 53.4 Å². The third kappa shape index (κ3) is 9.54. The molecule has 1 aliphatic heterocycles. The highest BCUT2D eigenvalue weighted by Crippen LogP contribution is 2.36. The Morgan fingerprint density at radius 1 is 0.884 bits per heavy atom. The fraction of sp³-hybridized carbons (Fsp3) is 0.472. The highest BCUT2D eigenvalue weighted by Gasteiger charge is 2.32. The predicted molar refractivity (Wildman–Crippen MR) is 186 cm³/mol. The minimum Gasteiger partial charge on any atom is -0.493 e. The van der Waals surface area contributed by atoms with Gasteiger partial charge in [-0.05, 0) is 61.7 Å². The van der Waals surface area contributed by atoms with Gasteiger partial charge in [0.25, 0.3) is 5.91 Å². The number of amides is 1. The van der Waals surface area contributed by atoms with Crippen LogP contribution in [-0.2, 0) is 4.79 Å². The molecule has 2 aromatic carbocycles. The van der Waals surface area contributed by atoms with E-state index in [1.54, 1.807) is 4.90 Å². The number of unbranched alkanes of at least 4 members (excludes halogenated alkanes) is 10. The first kappa shape index (κ1) is 33.0. The molecule has 0 N–H and O–H groups in total. The van der Waals surface area contributed by atoms with Crippen molar-refractivity contribution in [2.24, 2.45) is 0 Å². The minimum atomic E-state index is 0.000174. The van der Waals surface area contributed by atoms with E-state index in [0.717, 1.165) is 59.5 Å². The van der Waals surface area contributed by atoms with Crippen molar-refractivity contribution in [3.8, 4) is 22.7 Å². The molecule has 0 spiro atoms. The highest BCUT2D eigenvalue weighted by atomic mass is 32.2. The number of benzene rings is 2. The van der Waals surface area contributed by atoms with Crippen molar-refractivity contribution in [3.05, 3.63) is 70.8 Å². The van der Waals surface area contributed by atoms with Crippen LogP contribution in [0.4, 0.5) is 0 Å². The summed E-state index contributed by atoms with van der Waals surface area (Å²) in [6.45, 7) is 7.89. The molecule has 43 heavy (non-hydrogen) atoms. The van der Waals surface area contributed by atoms with Gasteiger partial charge in [0.2, 0.25) is 0 Å². The fourth-order valence-electron chi connectivity index (χ4n) is 5.31. The normalized spacial score (nSPS) is 14.3. The van der Waals surface area contributed by atoms with Gasteiger partial charge in [-0.1, -0.05) is 120 Å². The summed E-state index contributed by atoms with van der Waals surface area (Å²) in [5, 5.41) is 4.97. The van der Waals surface area contributed by atoms with E-state index in [0.29, 0.717) is 22.4 Å². The summed E-state index contributed by atoms with van der Waals surface area (Å²) >= 11 is 7.05. The number of thioether (sulfide) groups is 1. The van der Waals surface area contributed by atoms with Gasteiger partial charge in [0, 0.05) is 23.9 Å². The van der Waals surface area contributed by atoms with Crippen LogP contribution in [0.2, 0.25) is 0 Å². The van der Waals surface area contributed by atoms with Crippen molar-refractivity contribution in [2.75, 3.05) is 13.2 Å². The van der Waals surface area contributed by atoms with Crippen LogP contribution in [0.15, 0.2) is 59.6 Å². The van der Waals surface area contributed by atoms with Gasteiger partial charge in [0.05, 0.1) is 17.2 Å². The zero-order chi connectivity index (χ0) is 30.4. The number of carbonyl (C=O) groups excluding carboxylic acids is 1. The second-order valence-electron chi connectivity index (χ2n) is 11.4. The second-order valence-corrected chi connectivity index (χ2v) is 13.1. The highest BCUT2D eigenvalue weighted by molar-refractivity contribution is 8.26. The SMILES string of the molecule is CCCCCCCCCCCCN1C(=O)C(=Cc2cn(-c3ccccc3)nc2-c2ccc(OCCCC)c(C)c2)SC1=S. The van der Waals surface area contributed by atoms with Crippen LogP contribution in [0.3, 0.4) is 0 Å². The Hall–Kier alpha value is -2.90. The number of nitrogens with zero attached hydrogens (tertiary/aromatic N) is 3. The summed E-state index contributed by atoms with van der Waals surface area (Å²) in [6.07, 6.45) is 18.8. The van der Waals surface area contributed by atoms with Gasteiger partial charge < -0.3 is 4.74 Å². The van der Waals surface area contributed by atoms with E-state index < -0.39 is 0 Å². The molecule has 7 heteroatoms. The topological polar surface area (TPSA) is 47.4 Å². The molecular formula is C36H47N3O2S2. The zero-order valence-corrected chi connectivity index (χ0v) is 27.8. The van der Waals surface area contributed by atoms with Gasteiger partial charge in [-0.3, -0.25) is 9.69 Å². The Labute approximate surface area is 268 Å². The molecule has 4 rings (SSSR count). The Morgan fingerprint density at radius 3 is 2.23 bits per heavy atom. The Balaban J connectivity index is 1.45. The molecule has 3 aromatic rings. The van der Waals surface area contributed by atoms with Crippen LogP contribution in [-0.4, -0.2) is 38.1 Å². The van der Waals surface area contributed by atoms with Crippen molar-refractivity contribution in [1.29, 1.82) is 0 Å². The van der Waals surface area contributed by atoms with Gasteiger partial charge in [-0.25, -0.2) is 4.68 Å². The largest absolute Gasteiger partial charge is 0.493 e. The summed E-state index contributed by atoms with van der Waals surface area (Å²) in [5.74, 6) is 0.897. The standard InChI is InChI=1S/C36H47N3O2S2/c1-4-6-8-9-10-11-12-13-14-18-23-38-35(40)33(43-36(38)42)26-30-27-39(31-19-16-15-17-20-31)37-34(30)29-21-22-32(28(3)25-29)41-24-7-5-2/h15-17,19-22,25-27H,4-14,18,23-24H2,1-3H3. The lowest BCUT2D eigenvalue weighted by atomic mass is 10.0. The number of aryl methyl sites for hydroxylation is 1. The van der Waals surface area contributed by atoms with Crippen molar-refractivity contribution in [1.82, 2.24) is 14.7 Å². The lowest BCUT2D eigenvalue weighted by Gasteiger charge is -2.14.